The minimum atomic E-state index is 0.0599. The van der Waals surface area contributed by atoms with E-state index in [1.165, 1.54) is 0 Å². The summed E-state index contributed by atoms with van der Waals surface area (Å²) in [7, 11) is 0. The van der Waals surface area contributed by atoms with Crippen LogP contribution in [-0.2, 0) is 6.54 Å². The van der Waals surface area contributed by atoms with Crippen LogP contribution in [0.2, 0.25) is 10.6 Å². The molecule has 0 spiro atoms. The molecule has 0 saturated heterocycles. The van der Waals surface area contributed by atoms with Gasteiger partial charge in [0.15, 0.2) is 0 Å². The van der Waals surface area contributed by atoms with E-state index in [9.17, 15) is 0 Å². The molecule has 0 amide bonds. The number of H-pyrrole nitrogens is 1. The highest BCUT2D eigenvalue weighted by molar-refractivity contribution is 6.31. The molecule has 0 aromatic carbocycles. The second-order valence-corrected chi connectivity index (χ2v) is 3.33. The molecule has 0 unspecified atom stereocenters. The fourth-order valence-corrected chi connectivity index (χ4v) is 1.32. The fourth-order valence-electron chi connectivity index (χ4n) is 0.960. The third-order valence-corrected chi connectivity index (χ3v) is 1.92. The molecule has 2 aromatic heterocycles. The first-order valence-electron chi connectivity index (χ1n) is 4.02. The predicted octanol–water partition coefficient (Wildman–Crippen LogP) is 1.51. The Bertz CT molecular complexity index is 422. The van der Waals surface area contributed by atoms with Gasteiger partial charge in [-0.1, -0.05) is 0 Å². The summed E-state index contributed by atoms with van der Waals surface area (Å²) in [5, 5.41) is 9.55. The first-order valence-corrected chi connectivity index (χ1v) is 4.78. The third kappa shape index (κ3) is 2.77. The third-order valence-electron chi connectivity index (χ3n) is 1.59. The van der Waals surface area contributed by atoms with Crippen LogP contribution < -0.4 is 5.32 Å². The van der Waals surface area contributed by atoms with Gasteiger partial charge in [0.05, 0.1) is 6.20 Å². The number of aromatic nitrogens is 5. The van der Waals surface area contributed by atoms with Crippen molar-refractivity contribution < 1.29 is 0 Å². The van der Waals surface area contributed by atoms with Crippen LogP contribution in [0.3, 0.4) is 0 Å². The molecule has 6 nitrogen and oxygen atoms in total. The molecule has 0 atom stereocenters. The zero-order valence-corrected chi connectivity index (χ0v) is 8.92. The van der Waals surface area contributed by atoms with Gasteiger partial charge in [-0.05, 0) is 23.2 Å². The highest BCUT2D eigenvalue weighted by Crippen LogP contribution is 2.10. The molecule has 0 saturated carbocycles. The topological polar surface area (TPSA) is 79.4 Å². The summed E-state index contributed by atoms with van der Waals surface area (Å²) in [6.45, 7) is 0.535. The first kappa shape index (κ1) is 10.1. The van der Waals surface area contributed by atoms with Crippen molar-refractivity contribution >= 4 is 29.2 Å². The van der Waals surface area contributed by atoms with Crippen LogP contribution in [0.5, 0.6) is 0 Å². The SMILES string of the molecule is Clc1nc(Cl)nc(NCc2cn[nH]c2)n1. The van der Waals surface area contributed by atoms with Crippen molar-refractivity contribution in [2.24, 2.45) is 0 Å². The average Bonchev–Trinajstić information content (AvgIpc) is 2.65. The van der Waals surface area contributed by atoms with E-state index in [0.717, 1.165) is 5.56 Å². The number of hydrogen-bond donors (Lipinski definition) is 2. The quantitative estimate of drug-likeness (QED) is 0.856. The molecule has 0 aliphatic rings. The van der Waals surface area contributed by atoms with E-state index in [1.807, 2.05) is 0 Å². The summed E-state index contributed by atoms with van der Waals surface area (Å²) < 4.78 is 0. The molecule has 2 aromatic rings. The molecule has 2 rings (SSSR count). The standard InChI is InChI=1S/C7H6Cl2N6/c8-5-13-6(9)15-7(14-5)10-1-4-2-11-12-3-4/h2-3H,1H2,(H,11,12)(H,10,13,14,15). The fraction of sp³-hybridized carbons (Fsp3) is 0.143. The molecule has 15 heavy (non-hydrogen) atoms. The van der Waals surface area contributed by atoms with Gasteiger partial charge in [-0.3, -0.25) is 5.10 Å². The van der Waals surface area contributed by atoms with Gasteiger partial charge in [0, 0.05) is 18.3 Å². The van der Waals surface area contributed by atoms with Crippen molar-refractivity contribution in [3.8, 4) is 0 Å². The van der Waals surface area contributed by atoms with Gasteiger partial charge in [0.25, 0.3) is 0 Å². The summed E-state index contributed by atoms with van der Waals surface area (Å²) in [5.41, 5.74) is 0.975. The van der Waals surface area contributed by atoms with Crippen LogP contribution in [0.4, 0.5) is 5.95 Å². The van der Waals surface area contributed by atoms with Gasteiger partial charge < -0.3 is 5.32 Å². The van der Waals surface area contributed by atoms with Crippen LogP contribution in [-0.4, -0.2) is 25.1 Å². The number of anilines is 1. The molecule has 8 heteroatoms. The van der Waals surface area contributed by atoms with E-state index in [1.54, 1.807) is 12.4 Å². The van der Waals surface area contributed by atoms with Gasteiger partial charge >= 0.3 is 0 Å². The summed E-state index contributed by atoms with van der Waals surface area (Å²) >= 11 is 11.2. The Kier molecular flexibility index (Phi) is 2.98. The minimum Gasteiger partial charge on any atom is -0.350 e. The number of rotatable bonds is 3. The lowest BCUT2D eigenvalue weighted by Crippen LogP contribution is -2.04. The van der Waals surface area contributed by atoms with Gasteiger partial charge in [0.1, 0.15) is 0 Å². The smallest absolute Gasteiger partial charge is 0.228 e. The number of nitrogens with one attached hydrogen (secondary N) is 2. The molecule has 2 heterocycles. The summed E-state index contributed by atoms with van der Waals surface area (Å²) in [6.07, 6.45) is 3.45. The molecule has 2 N–H and O–H groups in total. The lowest BCUT2D eigenvalue weighted by Gasteiger charge is -2.02. The van der Waals surface area contributed by atoms with Crippen molar-refractivity contribution in [3.05, 3.63) is 28.5 Å². The molecular weight excluding hydrogens is 239 g/mol. The molecular formula is C7H6Cl2N6. The Labute approximate surface area is 95.1 Å². The monoisotopic (exact) mass is 244 g/mol. The predicted molar refractivity (Wildman–Crippen MR) is 55.8 cm³/mol. The van der Waals surface area contributed by atoms with Crippen LogP contribution in [0, 0.1) is 0 Å². The first-order chi connectivity index (χ1) is 7.24. The van der Waals surface area contributed by atoms with Crippen LogP contribution in [0.1, 0.15) is 5.56 Å². The van der Waals surface area contributed by atoms with Crippen molar-refractivity contribution in [1.82, 2.24) is 25.1 Å². The normalized spacial score (nSPS) is 10.3. The zero-order valence-electron chi connectivity index (χ0n) is 7.41. The zero-order chi connectivity index (χ0) is 10.7. The highest BCUT2D eigenvalue weighted by atomic mass is 35.5. The Morgan fingerprint density at radius 2 is 1.93 bits per heavy atom. The summed E-state index contributed by atoms with van der Waals surface area (Å²) in [4.78, 5) is 11.3. The maximum atomic E-state index is 5.61. The Hall–Kier alpha value is -1.40. The van der Waals surface area contributed by atoms with Gasteiger partial charge in [-0.15, -0.1) is 0 Å². The maximum Gasteiger partial charge on any atom is 0.228 e. The Morgan fingerprint density at radius 1 is 1.20 bits per heavy atom. The van der Waals surface area contributed by atoms with Gasteiger partial charge in [-0.2, -0.15) is 20.1 Å². The van der Waals surface area contributed by atoms with E-state index >= 15 is 0 Å². The Morgan fingerprint density at radius 3 is 2.53 bits per heavy atom. The van der Waals surface area contributed by atoms with Gasteiger partial charge in [-0.25, -0.2) is 0 Å². The van der Waals surface area contributed by atoms with Crippen molar-refractivity contribution in [2.45, 2.75) is 6.54 Å². The molecule has 0 fully saturated rings. The van der Waals surface area contributed by atoms with E-state index in [-0.39, 0.29) is 10.6 Å². The second-order valence-electron chi connectivity index (χ2n) is 2.66. The summed E-state index contributed by atoms with van der Waals surface area (Å²) in [6, 6.07) is 0. The molecule has 78 valence electrons. The molecule has 0 bridgehead atoms. The van der Waals surface area contributed by atoms with Crippen molar-refractivity contribution in [1.29, 1.82) is 0 Å². The van der Waals surface area contributed by atoms with Crippen molar-refractivity contribution in [2.75, 3.05) is 5.32 Å². The van der Waals surface area contributed by atoms with E-state index in [4.69, 9.17) is 23.2 Å². The lowest BCUT2D eigenvalue weighted by atomic mass is 10.4. The number of halogens is 2. The number of hydrogen-bond acceptors (Lipinski definition) is 5. The van der Waals surface area contributed by atoms with E-state index in [0.29, 0.717) is 12.5 Å². The van der Waals surface area contributed by atoms with Gasteiger partial charge in [0.2, 0.25) is 16.5 Å². The van der Waals surface area contributed by atoms with Crippen LogP contribution in [0.15, 0.2) is 12.4 Å². The number of aromatic amines is 1. The minimum absolute atomic E-state index is 0.0599. The molecule has 0 aliphatic carbocycles. The Balaban J connectivity index is 2.05. The van der Waals surface area contributed by atoms with Crippen LogP contribution in [0.25, 0.3) is 0 Å². The average molecular weight is 245 g/mol. The lowest BCUT2D eigenvalue weighted by molar-refractivity contribution is 1.00. The van der Waals surface area contributed by atoms with E-state index in [2.05, 4.69) is 30.5 Å². The molecule has 0 radical (unpaired) electrons. The maximum absolute atomic E-state index is 5.61. The molecule has 0 aliphatic heterocycles. The van der Waals surface area contributed by atoms with Crippen LogP contribution >= 0.6 is 23.2 Å². The highest BCUT2D eigenvalue weighted by Gasteiger charge is 2.02. The second kappa shape index (κ2) is 4.41. The van der Waals surface area contributed by atoms with Crippen molar-refractivity contribution in [3.63, 3.8) is 0 Å². The number of nitrogens with zero attached hydrogens (tertiary/aromatic N) is 4. The summed E-state index contributed by atoms with van der Waals surface area (Å²) in [5.74, 6) is 0.334. The largest absolute Gasteiger partial charge is 0.350 e. The van der Waals surface area contributed by atoms with E-state index < -0.39 is 0 Å².